The van der Waals surface area contributed by atoms with Gasteiger partial charge < -0.3 is 10.1 Å². The molecule has 27 heavy (non-hydrogen) atoms. The summed E-state index contributed by atoms with van der Waals surface area (Å²) in [5.41, 5.74) is 4.93. The Hall–Kier alpha value is -2.36. The van der Waals surface area contributed by atoms with Crippen LogP contribution in [0.15, 0.2) is 30.3 Å². The van der Waals surface area contributed by atoms with Crippen LogP contribution in [0.2, 0.25) is 0 Å². The van der Waals surface area contributed by atoms with Crippen LogP contribution in [-0.4, -0.2) is 24.1 Å². The molecule has 1 N–H and O–H groups in total. The van der Waals surface area contributed by atoms with E-state index in [0.717, 1.165) is 60.4 Å². The van der Waals surface area contributed by atoms with Gasteiger partial charge in [0.1, 0.15) is 5.82 Å². The molecule has 1 aliphatic heterocycles. The first kappa shape index (κ1) is 18.0. The van der Waals surface area contributed by atoms with Crippen molar-refractivity contribution in [2.24, 2.45) is 0 Å². The lowest BCUT2D eigenvalue weighted by molar-refractivity contribution is 0.0524. The number of esters is 1. The first-order valence-electron chi connectivity index (χ1n) is 10.3. The Balaban J connectivity index is 1.96. The van der Waals surface area contributed by atoms with Crippen molar-refractivity contribution in [2.75, 3.05) is 18.5 Å². The van der Waals surface area contributed by atoms with E-state index in [1.54, 1.807) is 0 Å². The molecule has 2 aromatic rings. The smallest absolute Gasteiger partial charge is 0.340 e. The molecule has 1 aliphatic carbocycles. The lowest BCUT2D eigenvalue weighted by atomic mass is 9.81. The normalized spacial score (nSPS) is 17.1. The molecule has 0 bridgehead atoms. The highest BCUT2D eigenvalue weighted by Crippen LogP contribution is 2.42. The van der Waals surface area contributed by atoms with E-state index in [2.05, 4.69) is 17.4 Å². The molecule has 1 fully saturated rings. The molecule has 4 rings (SSSR count). The van der Waals surface area contributed by atoms with Crippen molar-refractivity contribution in [3.05, 3.63) is 47.2 Å². The molecule has 0 radical (unpaired) electrons. The van der Waals surface area contributed by atoms with Crippen molar-refractivity contribution in [3.63, 3.8) is 0 Å². The van der Waals surface area contributed by atoms with Gasteiger partial charge in [-0.15, -0.1) is 0 Å². The summed E-state index contributed by atoms with van der Waals surface area (Å²) in [7, 11) is 0. The zero-order valence-electron chi connectivity index (χ0n) is 16.1. The summed E-state index contributed by atoms with van der Waals surface area (Å²) < 4.78 is 5.51. The lowest BCUT2D eigenvalue weighted by Gasteiger charge is -2.29. The highest BCUT2D eigenvalue weighted by Gasteiger charge is 2.31. The lowest BCUT2D eigenvalue weighted by Crippen LogP contribution is -2.22. The monoisotopic (exact) mass is 364 g/mol. The van der Waals surface area contributed by atoms with Crippen LogP contribution in [0.3, 0.4) is 0 Å². The molecule has 2 aliphatic rings. The molecule has 142 valence electrons. The number of fused-ring (bicyclic) bond motifs is 1. The topological polar surface area (TPSA) is 51.2 Å². The van der Waals surface area contributed by atoms with Crippen LogP contribution < -0.4 is 5.32 Å². The van der Waals surface area contributed by atoms with E-state index in [1.165, 1.54) is 19.3 Å². The maximum atomic E-state index is 13.1. The van der Waals surface area contributed by atoms with E-state index in [1.807, 2.05) is 25.1 Å². The molecule has 4 nitrogen and oxygen atoms in total. The van der Waals surface area contributed by atoms with Crippen molar-refractivity contribution in [3.8, 4) is 11.1 Å². The van der Waals surface area contributed by atoms with Crippen LogP contribution in [0.1, 0.15) is 73.0 Å². The summed E-state index contributed by atoms with van der Waals surface area (Å²) in [5.74, 6) is 1.08. The van der Waals surface area contributed by atoms with Gasteiger partial charge in [-0.3, -0.25) is 0 Å². The van der Waals surface area contributed by atoms with Gasteiger partial charge in [-0.2, -0.15) is 0 Å². The number of pyridine rings is 1. The molecule has 0 saturated heterocycles. The zero-order chi connectivity index (χ0) is 18.6. The highest BCUT2D eigenvalue weighted by atomic mass is 16.5. The van der Waals surface area contributed by atoms with Gasteiger partial charge >= 0.3 is 5.97 Å². The Morgan fingerprint density at radius 1 is 1.15 bits per heavy atom. The van der Waals surface area contributed by atoms with E-state index in [-0.39, 0.29) is 5.97 Å². The van der Waals surface area contributed by atoms with Gasteiger partial charge in [0.25, 0.3) is 0 Å². The average Bonchev–Trinajstić information content (AvgIpc) is 2.73. The number of nitrogens with zero attached hydrogens (tertiary/aromatic N) is 1. The van der Waals surface area contributed by atoms with Crippen LogP contribution in [0.4, 0.5) is 5.82 Å². The summed E-state index contributed by atoms with van der Waals surface area (Å²) in [4.78, 5) is 18.1. The van der Waals surface area contributed by atoms with Crippen molar-refractivity contribution in [1.29, 1.82) is 0 Å². The third-order valence-corrected chi connectivity index (χ3v) is 5.76. The first-order chi connectivity index (χ1) is 13.3. The third-order valence-electron chi connectivity index (χ3n) is 5.76. The van der Waals surface area contributed by atoms with E-state index < -0.39 is 0 Å². The minimum atomic E-state index is -0.224. The molecule has 1 aromatic carbocycles. The largest absolute Gasteiger partial charge is 0.462 e. The number of aromatic nitrogens is 1. The number of nitrogens with one attached hydrogen (secondary N) is 1. The molecule has 4 heteroatoms. The van der Waals surface area contributed by atoms with Gasteiger partial charge in [0, 0.05) is 23.6 Å². The van der Waals surface area contributed by atoms with Gasteiger partial charge in [0.2, 0.25) is 0 Å². The van der Waals surface area contributed by atoms with Gasteiger partial charge in [-0.05, 0) is 38.2 Å². The number of hydrogen-bond donors (Lipinski definition) is 1. The van der Waals surface area contributed by atoms with E-state index >= 15 is 0 Å². The second-order valence-electron chi connectivity index (χ2n) is 7.53. The average molecular weight is 364 g/mol. The Bertz CT molecular complexity index is 811. The van der Waals surface area contributed by atoms with Crippen molar-refractivity contribution >= 4 is 11.8 Å². The molecular formula is C23H28N2O2. The number of rotatable bonds is 4. The minimum absolute atomic E-state index is 0.224. The first-order valence-corrected chi connectivity index (χ1v) is 10.3. The number of carbonyl (C=O) groups excluding carboxylic acids is 1. The SMILES string of the molecule is CCOC(=O)c1c(C2CCCCC2)nc2c(c1-c1ccccc1)CCCN2. The second kappa shape index (κ2) is 8.12. The second-order valence-corrected chi connectivity index (χ2v) is 7.53. The predicted octanol–water partition coefficient (Wildman–Crippen LogP) is 5.33. The van der Waals surface area contributed by atoms with E-state index in [0.29, 0.717) is 18.1 Å². The molecule has 0 amide bonds. The Morgan fingerprint density at radius 2 is 1.93 bits per heavy atom. The number of ether oxygens (including phenoxy) is 1. The number of benzene rings is 1. The van der Waals surface area contributed by atoms with Crippen LogP contribution in [0.25, 0.3) is 11.1 Å². The molecular weight excluding hydrogens is 336 g/mol. The minimum Gasteiger partial charge on any atom is -0.462 e. The van der Waals surface area contributed by atoms with E-state index in [4.69, 9.17) is 9.72 Å². The molecule has 0 atom stereocenters. The van der Waals surface area contributed by atoms with Crippen molar-refractivity contribution in [1.82, 2.24) is 4.98 Å². The fourth-order valence-electron chi connectivity index (χ4n) is 4.51. The van der Waals surface area contributed by atoms with Gasteiger partial charge in [-0.1, -0.05) is 49.6 Å². The molecule has 0 unspecified atom stereocenters. The zero-order valence-corrected chi connectivity index (χ0v) is 16.1. The van der Waals surface area contributed by atoms with Crippen LogP contribution >= 0.6 is 0 Å². The number of carbonyl (C=O) groups is 1. The summed E-state index contributed by atoms with van der Waals surface area (Å²) >= 11 is 0. The molecule has 1 saturated carbocycles. The summed E-state index contributed by atoms with van der Waals surface area (Å²) in [5, 5.41) is 3.49. The fourth-order valence-corrected chi connectivity index (χ4v) is 4.51. The standard InChI is InChI=1S/C23H28N2O2/c1-2-27-23(26)20-19(16-10-5-3-6-11-16)18-14-9-15-24-22(18)25-21(20)17-12-7-4-8-13-17/h3,5-6,10-11,17H,2,4,7-9,12-15H2,1H3,(H,24,25). The van der Waals surface area contributed by atoms with Gasteiger partial charge in [0.15, 0.2) is 0 Å². The van der Waals surface area contributed by atoms with Gasteiger partial charge in [-0.25, -0.2) is 9.78 Å². The highest BCUT2D eigenvalue weighted by molar-refractivity contribution is 6.00. The van der Waals surface area contributed by atoms with Crippen LogP contribution in [0.5, 0.6) is 0 Å². The number of hydrogen-bond acceptors (Lipinski definition) is 4. The molecule has 1 aromatic heterocycles. The Kier molecular flexibility index (Phi) is 5.42. The Morgan fingerprint density at radius 3 is 2.67 bits per heavy atom. The fraction of sp³-hybridized carbons (Fsp3) is 0.478. The van der Waals surface area contributed by atoms with Crippen LogP contribution in [-0.2, 0) is 11.2 Å². The molecule has 0 spiro atoms. The maximum Gasteiger partial charge on any atom is 0.340 e. The summed E-state index contributed by atoms with van der Waals surface area (Å²) in [6, 6.07) is 10.3. The Labute approximate surface area is 161 Å². The van der Waals surface area contributed by atoms with Crippen LogP contribution in [0, 0.1) is 0 Å². The summed E-state index contributed by atoms with van der Waals surface area (Å²) in [6.45, 7) is 3.19. The van der Waals surface area contributed by atoms with Gasteiger partial charge in [0.05, 0.1) is 17.9 Å². The van der Waals surface area contributed by atoms with Crippen molar-refractivity contribution < 1.29 is 9.53 Å². The van der Waals surface area contributed by atoms with E-state index in [9.17, 15) is 4.79 Å². The maximum absolute atomic E-state index is 13.1. The third kappa shape index (κ3) is 3.58. The number of anilines is 1. The predicted molar refractivity (Wildman–Crippen MR) is 108 cm³/mol. The quantitative estimate of drug-likeness (QED) is 0.745. The molecule has 2 heterocycles. The van der Waals surface area contributed by atoms with Crippen molar-refractivity contribution in [2.45, 2.75) is 57.8 Å². The summed E-state index contributed by atoms with van der Waals surface area (Å²) in [6.07, 6.45) is 7.90.